The number of hydrogen-bond donors (Lipinski definition) is 1. The molecule has 0 spiro atoms. The second-order valence-electron chi connectivity index (χ2n) is 4.46. The Balaban J connectivity index is 0.000000306. The average Bonchev–Trinajstić information content (AvgIpc) is 2.77. The largest absolute Gasteiger partial charge is 1.00 e. The Morgan fingerprint density at radius 3 is 2.56 bits per heavy atom. The molecule has 1 atom stereocenters. The van der Waals surface area contributed by atoms with Crippen LogP contribution in [0.25, 0.3) is 0 Å². The van der Waals surface area contributed by atoms with Gasteiger partial charge in [0, 0.05) is 12.6 Å². The van der Waals surface area contributed by atoms with Crippen molar-refractivity contribution >= 4 is 6.29 Å². The molecule has 2 rings (SSSR count). The Morgan fingerprint density at radius 1 is 1.50 bits per heavy atom. The van der Waals surface area contributed by atoms with Gasteiger partial charge in [0.2, 0.25) is 0 Å². The van der Waals surface area contributed by atoms with Crippen molar-refractivity contribution < 1.29 is 56.2 Å². The molecule has 3 nitrogen and oxygen atoms in total. The summed E-state index contributed by atoms with van der Waals surface area (Å²) in [5, 5.41) is 3.25. The predicted octanol–water partition coefficient (Wildman–Crippen LogP) is -1.48. The zero-order chi connectivity index (χ0) is 12.7. The van der Waals surface area contributed by atoms with E-state index in [1.807, 2.05) is 20.0 Å². The molecule has 18 heavy (non-hydrogen) atoms. The molecule has 1 aliphatic heterocycles. The number of likely N-dealkylation sites (N-methyl/N-ethyl adjacent to an activating group) is 2. The summed E-state index contributed by atoms with van der Waals surface area (Å²) in [7, 11) is 4.20. The summed E-state index contributed by atoms with van der Waals surface area (Å²) in [6.07, 6.45) is 2.13. The molecule has 0 saturated carbocycles. The number of nitrogens with zero attached hydrogens (tertiary/aromatic N) is 1. The van der Waals surface area contributed by atoms with Gasteiger partial charge >= 0.3 is 51.4 Å². The van der Waals surface area contributed by atoms with Crippen LogP contribution in [0.4, 0.5) is 0 Å². The van der Waals surface area contributed by atoms with Crippen molar-refractivity contribution in [3.8, 4) is 0 Å². The average molecular weight is 272 g/mol. The third-order valence-electron chi connectivity index (χ3n) is 2.93. The van der Waals surface area contributed by atoms with E-state index >= 15 is 0 Å². The summed E-state index contributed by atoms with van der Waals surface area (Å²) in [5.74, 6) is 0. The summed E-state index contributed by atoms with van der Waals surface area (Å²) in [4.78, 5) is 12.4. The maximum absolute atomic E-state index is 10.1. The van der Waals surface area contributed by atoms with Gasteiger partial charge in [-0.3, -0.25) is 0 Å². The minimum atomic E-state index is 0. The van der Waals surface area contributed by atoms with Gasteiger partial charge in [0.05, 0.1) is 6.29 Å². The van der Waals surface area contributed by atoms with E-state index in [0.29, 0.717) is 5.56 Å². The fourth-order valence-corrected chi connectivity index (χ4v) is 1.76. The maximum Gasteiger partial charge on any atom is 1.00 e. The third kappa shape index (κ3) is 7.14. The topological polar surface area (TPSA) is 32.3 Å². The van der Waals surface area contributed by atoms with Crippen LogP contribution in [-0.2, 0) is 0 Å². The first kappa shape index (κ1) is 18.4. The minimum Gasteiger partial charge on any atom is -0.316 e. The standard InChI is InChI=1S/C8H7O.C6H14N2.K/c1-7-2-4-8(6-9)5-3-7;1-7-6-3-4-8(2)5-6;/h2,4-6H,1H3;6-7H,3-5H2,1-2H3;/q-1;;+1. The van der Waals surface area contributed by atoms with Crippen molar-refractivity contribution in [3.63, 3.8) is 0 Å². The van der Waals surface area contributed by atoms with E-state index in [1.54, 1.807) is 12.1 Å². The first-order chi connectivity index (χ1) is 8.15. The molecule has 1 aliphatic rings. The van der Waals surface area contributed by atoms with Gasteiger partial charge in [-0.15, -0.1) is 0 Å². The Morgan fingerprint density at radius 2 is 2.22 bits per heavy atom. The number of aldehydes is 1. The summed E-state index contributed by atoms with van der Waals surface area (Å²) in [5.41, 5.74) is 1.74. The second-order valence-corrected chi connectivity index (χ2v) is 4.46. The molecule has 1 heterocycles. The van der Waals surface area contributed by atoms with E-state index in [-0.39, 0.29) is 51.4 Å². The molecule has 0 radical (unpaired) electrons. The molecule has 1 unspecified atom stereocenters. The van der Waals surface area contributed by atoms with Crippen molar-refractivity contribution in [2.75, 3.05) is 27.2 Å². The zero-order valence-electron chi connectivity index (χ0n) is 11.9. The van der Waals surface area contributed by atoms with Crippen LogP contribution in [0.3, 0.4) is 0 Å². The van der Waals surface area contributed by atoms with Crippen LogP contribution in [0.15, 0.2) is 18.2 Å². The van der Waals surface area contributed by atoms with Crippen molar-refractivity contribution in [2.45, 2.75) is 19.4 Å². The molecule has 1 fully saturated rings. The van der Waals surface area contributed by atoms with E-state index in [9.17, 15) is 4.79 Å². The maximum atomic E-state index is 10.1. The number of hydrogen-bond acceptors (Lipinski definition) is 3. The molecule has 0 bridgehead atoms. The van der Waals surface area contributed by atoms with E-state index in [4.69, 9.17) is 0 Å². The number of carbonyl (C=O) groups excluding carboxylic acids is 1. The molecule has 1 aromatic rings. The summed E-state index contributed by atoms with van der Waals surface area (Å²) in [6, 6.07) is 8.99. The molecular weight excluding hydrogens is 251 g/mol. The van der Waals surface area contributed by atoms with Gasteiger partial charge in [0.1, 0.15) is 0 Å². The quantitative estimate of drug-likeness (QED) is 0.405. The third-order valence-corrected chi connectivity index (χ3v) is 2.93. The monoisotopic (exact) mass is 272 g/mol. The number of nitrogens with one attached hydrogen (secondary N) is 1. The van der Waals surface area contributed by atoms with Gasteiger partial charge in [0.15, 0.2) is 0 Å². The molecule has 1 saturated heterocycles. The van der Waals surface area contributed by atoms with Crippen LogP contribution in [0.1, 0.15) is 22.3 Å². The van der Waals surface area contributed by atoms with Gasteiger partial charge in [-0.2, -0.15) is 29.8 Å². The van der Waals surface area contributed by atoms with Crippen LogP contribution in [0, 0.1) is 13.0 Å². The summed E-state index contributed by atoms with van der Waals surface area (Å²) >= 11 is 0. The molecular formula is C14H21KN2O. The van der Waals surface area contributed by atoms with Crippen molar-refractivity contribution in [2.24, 2.45) is 0 Å². The minimum absolute atomic E-state index is 0. The van der Waals surface area contributed by atoms with Gasteiger partial charge < -0.3 is 15.0 Å². The van der Waals surface area contributed by atoms with E-state index in [1.165, 1.54) is 19.5 Å². The molecule has 4 heteroatoms. The Bertz CT molecular complexity index is 340. The Labute approximate surface area is 153 Å². The van der Waals surface area contributed by atoms with Gasteiger partial charge in [0.25, 0.3) is 0 Å². The van der Waals surface area contributed by atoms with Crippen LogP contribution in [-0.4, -0.2) is 44.4 Å². The van der Waals surface area contributed by atoms with E-state index < -0.39 is 0 Å². The first-order valence-electron chi connectivity index (χ1n) is 5.95. The van der Waals surface area contributed by atoms with E-state index in [2.05, 4.69) is 23.3 Å². The zero-order valence-corrected chi connectivity index (χ0v) is 15.0. The van der Waals surface area contributed by atoms with Crippen LogP contribution >= 0.6 is 0 Å². The normalized spacial score (nSPS) is 18.5. The van der Waals surface area contributed by atoms with Gasteiger partial charge in [-0.1, -0.05) is 12.5 Å². The second kappa shape index (κ2) is 10.3. The van der Waals surface area contributed by atoms with Crippen LogP contribution in [0.5, 0.6) is 0 Å². The molecule has 0 amide bonds. The smallest absolute Gasteiger partial charge is 0.316 e. The van der Waals surface area contributed by atoms with E-state index in [0.717, 1.165) is 17.9 Å². The van der Waals surface area contributed by atoms with Crippen molar-refractivity contribution in [1.29, 1.82) is 0 Å². The van der Waals surface area contributed by atoms with Crippen molar-refractivity contribution in [1.82, 2.24) is 10.2 Å². The number of carbonyl (C=O) groups is 1. The molecule has 94 valence electrons. The SMILES string of the molecule is CNC1CCN(C)C1.Cc1[c-]cc(C=O)cc1.[K+]. The van der Waals surface area contributed by atoms with Gasteiger partial charge in [-0.25, -0.2) is 0 Å². The predicted molar refractivity (Wildman–Crippen MR) is 70.4 cm³/mol. The molecule has 0 aromatic heterocycles. The number of likely N-dealkylation sites (tertiary alicyclic amines) is 1. The van der Waals surface area contributed by atoms with Crippen molar-refractivity contribution in [3.05, 3.63) is 35.4 Å². The van der Waals surface area contributed by atoms with Crippen LogP contribution in [0.2, 0.25) is 0 Å². The molecule has 1 aromatic carbocycles. The first-order valence-corrected chi connectivity index (χ1v) is 5.95. The number of benzene rings is 1. The Hall–Kier alpha value is 0.446. The number of aryl methyl sites for hydroxylation is 1. The molecule has 1 N–H and O–H groups in total. The summed E-state index contributed by atoms with van der Waals surface area (Å²) < 4.78 is 0. The fourth-order valence-electron chi connectivity index (χ4n) is 1.76. The Kier molecular flexibility index (Phi) is 10.5. The van der Waals surface area contributed by atoms with Crippen LogP contribution < -0.4 is 56.7 Å². The van der Waals surface area contributed by atoms with Gasteiger partial charge in [-0.05, 0) is 27.1 Å². The fraction of sp³-hybridized carbons (Fsp3) is 0.500. The summed E-state index contributed by atoms with van der Waals surface area (Å²) in [6.45, 7) is 4.41. The number of rotatable bonds is 2. The molecule has 0 aliphatic carbocycles.